The van der Waals surface area contributed by atoms with Crippen molar-refractivity contribution in [3.8, 4) is 5.88 Å². The van der Waals surface area contributed by atoms with Crippen LogP contribution in [0.3, 0.4) is 0 Å². The number of alkyl halides is 3. The van der Waals surface area contributed by atoms with E-state index in [1.165, 1.54) is 10.6 Å². The van der Waals surface area contributed by atoms with Crippen LogP contribution in [0.2, 0.25) is 0 Å². The lowest BCUT2D eigenvalue weighted by Gasteiger charge is -2.23. The Morgan fingerprint density at radius 2 is 1.91 bits per heavy atom. The molecule has 0 aromatic carbocycles. The first-order chi connectivity index (χ1) is 15.3. The van der Waals surface area contributed by atoms with E-state index in [-0.39, 0.29) is 35.3 Å². The van der Waals surface area contributed by atoms with Gasteiger partial charge in [0, 0.05) is 18.7 Å². The van der Waals surface area contributed by atoms with E-state index in [0.717, 1.165) is 23.6 Å². The van der Waals surface area contributed by atoms with Gasteiger partial charge in [-0.3, -0.25) is 19.1 Å². The summed E-state index contributed by atoms with van der Waals surface area (Å²) in [6.07, 6.45) is -1.44. The molecule has 1 fully saturated rings. The Kier molecular flexibility index (Phi) is 5.29. The fourth-order valence-corrected chi connectivity index (χ4v) is 3.23. The summed E-state index contributed by atoms with van der Waals surface area (Å²) in [5.74, 6) is -1.47. The molecule has 3 aromatic rings. The number of hydrogen-bond donors (Lipinski definition) is 3. The summed E-state index contributed by atoms with van der Waals surface area (Å²) in [7, 11) is 0. The minimum atomic E-state index is -4.68. The number of hydrogen-bond acceptors (Lipinski definition) is 7. The number of nitrogens with zero attached hydrogens (tertiary/aromatic N) is 5. The number of carbonyl (C=O) groups is 1. The molecule has 0 atom stereocenters. The van der Waals surface area contributed by atoms with E-state index in [1.54, 1.807) is 0 Å². The molecule has 13 heteroatoms. The fourth-order valence-electron chi connectivity index (χ4n) is 3.23. The lowest BCUT2D eigenvalue weighted by atomic mass is 9.96. The number of halogens is 3. The van der Waals surface area contributed by atoms with Crippen LogP contribution in [0, 0.1) is 5.41 Å². The predicted octanol–water partition coefficient (Wildman–Crippen LogP) is 2.69. The topological polar surface area (TPSA) is 126 Å². The zero-order chi connectivity index (χ0) is 24.1. The first-order valence-electron chi connectivity index (χ1n) is 10.2. The molecule has 0 spiro atoms. The minimum Gasteiger partial charge on any atom is -0.494 e. The third-order valence-electron chi connectivity index (χ3n) is 4.81. The number of rotatable bonds is 5. The molecule has 0 radical (unpaired) electrons. The van der Waals surface area contributed by atoms with Crippen LogP contribution >= 0.6 is 0 Å². The van der Waals surface area contributed by atoms with Gasteiger partial charge in [0.2, 0.25) is 5.88 Å². The summed E-state index contributed by atoms with van der Waals surface area (Å²) in [6, 6.07) is 1.33. The number of amides is 1. The highest BCUT2D eigenvalue weighted by Gasteiger charge is 2.33. The van der Waals surface area contributed by atoms with Gasteiger partial charge in [0.25, 0.3) is 11.5 Å². The second kappa shape index (κ2) is 7.74. The van der Waals surface area contributed by atoms with Crippen LogP contribution in [0.25, 0.3) is 5.65 Å². The molecule has 1 aliphatic carbocycles. The van der Waals surface area contributed by atoms with Crippen molar-refractivity contribution in [2.75, 3.05) is 5.32 Å². The van der Waals surface area contributed by atoms with Crippen molar-refractivity contribution in [1.29, 1.82) is 0 Å². The van der Waals surface area contributed by atoms with E-state index in [4.69, 9.17) is 0 Å². The van der Waals surface area contributed by atoms with Crippen LogP contribution in [0.5, 0.6) is 5.88 Å². The Hall–Kier alpha value is -3.64. The van der Waals surface area contributed by atoms with E-state index >= 15 is 0 Å². The molecule has 0 bridgehead atoms. The van der Waals surface area contributed by atoms with Crippen molar-refractivity contribution in [3.05, 3.63) is 40.1 Å². The molecular weight excluding hydrogens is 443 g/mol. The number of aromatic nitrogens is 5. The molecule has 4 rings (SSSR count). The number of nitrogens with one attached hydrogen (secondary N) is 2. The molecule has 0 aliphatic heterocycles. The van der Waals surface area contributed by atoms with Gasteiger partial charge in [0.15, 0.2) is 22.9 Å². The van der Waals surface area contributed by atoms with E-state index in [1.807, 2.05) is 20.8 Å². The Morgan fingerprint density at radius 1 is 1.21 bits per heavy atom. The molecule has 3 heterocycles. The zero-order valence-electron chi connectivity index (χ0n) is 18.1. The minimum absolute atomic E-state index is 0.0115. The molecule has 33 heavy (non-hydrogen) atoms. The summed E-state index contributed by atoms with van der Waals surface area (Å²) in [5.41, 5.74) is -2.71. The zero-order valence-corrected chi connectivity index (χ0v) is 18.1. The molecule has 176 valence electrons. The first-order valence-corrected chi connectivity index (χ1v) is 10.2. The molecule has 1 amide bonds. The standard InChI is InChI=1S/C20H22F3N7O3/c1-19(2,3)9-29-14-6-12(27-13-8-24-7-11(26-13)20(21,22)23)28-30(14)18(33)15(17(29)32)16(31)25-10-4-5-10/h6-8,10,32H,4-5,9H2,1-3H3,(H,25,31)(H,26,27,28). The van der Waals surface area contributed by atoms with Gasteiger partial charge in [-0.25, -0.2) is 4.98 Å². The monoisotopic (exact) mass is 465 g/mol. The number of anilines is 2. The van der Waals surface area contributed by atoms with Crippen molar-refractivity contribution >= 4 is 23.2 Å². The maximum absolute atomic E-state index is 13.0. The highest BCUT2D eigenvalue weighted by atomic mass is 19.4. The van der Waals surface area contributed by atoms with E-state index < -0.39 is 34.8 Å². The lowest BCUT2D eigenvalue weighted by Crippen LogP contribution is -2.35. The normalized spacial score (nSPS) is 14.5. The Bertz CT molecular complexity index is 1290. The van der Waals surface area contributed by atoms with Crippen molar-refractivity contribution in [1.82, 2.24) is 29.5 Å². The third kappa shape index (κ3) is 4.76. The molecule has 1 saturated carbocycles. The molecule has 3 N–H and O–H groups in total. The average Bonchev–Trinajstić information content (AvgIpc) is 3.40. The second-order valence-electron chi connectivity index (χ2n) is 9.11. The third-order valence-corrected chi connectivity index (χ3v) is 4.81. The summed E-state index contributed by atoms with van der Waals surface area (Å²) < 4.78 is 41.1. The van der Waals surface area contributed by atoms with Gasteiger partial charge in [0.05, 0.1) is 12.4 Å². The number of aromatic hydroxyl groups is 1. The van der Waals surface area contributed by atoms with Crippen LogP contribution in [0.1, 0.15) is 49.7 Å². The highest BCUT2D eigenvalue weighted by Crippen LogP contribution is 2.29. The molecule has 0 unspecified atom stereocenters. The average molecular weight is 465 g/mol. The Balaban J connectivity index is 1.81. The van der Waals surface area contributed by atoms with Gasteiger partial charge in [-0.05, 0) is 18.3 Å². The molecule has 10 nitrogen and oxygen atoms in total. The van der Waals surface area contributed by atoms with Gasteiger partial charge in [-0.15, -0.1) is 5.10 Å². The van der Waals surface area contributed by atoms with Crippen molar-refractivity contribution in [2.45, 2.75) is 52.4 Å². The van der Waals surface area contributed by atoms with Crippen molar-refractivity contribution < 1.29 is 23.1 Å². The first kappa shape index (κ1) is 22.6. The van der Waals surface area contributed by atoms with E-state index in [9.17, 15) is 27.9 Å². The van der Waals surface area contributed by atoms with Gasteiger partial charge in [0.1, 0.15) is 5.65 Å². The fraction of sp³-hybridized carbons (Fsp3) is 0.450. The van der Waals surface area contributed by atoms with Gasteiger partial charge in [-0.2, -0.15) is 17.7 Å². The highest BCUT2D eigenvalue weighted by molar-refractivity contribution is 5.96. The maximum Gasteiger partial charge on any atom is 0.434 e. The number of fused-ring (bicyclic) bond motifs is 1. The van der Waals surface area contributed by atoms with Crippen molar-refractivity contribution in [2.24, 2.45) is 5.41 Å². The largest absolute Gasteiger partial charge is 0.494 e. The quantitative estimate of drug-likeness (QED) is 0.529. The van der Waals surface area contributed by atoms with Crippen LogP contribution in [0.4, 0.5) is 24.8 Å². The number of carbonyl (C=O) groups excluding carboxylic acids is 1. The van der Waals surface area contributed by atoms with Gasteiger partial charge < -0.3 is 15.7 Å². The van der Waals surface area contributed by atoms with E-state index in [2.05, 4.69) is 25.7 Å². The maximum atomic E-state index is 13.0. The van der Waals surface area contributed by atoms with Crippen LogP contribution in [-0.2, 0) is 12.7 Å². The Labute approximate surface area is 185 Å². The van der Waals surface area contributed by atoms with Gasteiger partial charge in [-0.1, -0.05) is 20.8 Å². The Morgan fingerprint density at radius 3 is 2.52 bits per heavy atom. The van der Waals surface area contributed by atoms with Crippen LogP contribution in [-0.4, -0.2) is 41.2 Å². The summed E-state index contributed by atoms with van der Waals surface area (Å²) in [4.78, 5) is 32.7. The SMILES string of the molecule is CC(C)(C)Cn1c(O)c(C(=O)NC2CC2)c(=O)n2nc(Nc3cncc(C(F)(F)F)n3)cc12. The second-order valence-corrected chi connectivity index (χ2v) is 9.11. The summed E-state index contributed by atoms with van der Waals surface area (Å²) in [5, 5.41) is 20.2. The smallest absolute Gasteiger partial charge is 0.434 e. The molecule has 1 aliphatic rings. The summed E-state index contributed by atoms with van der Waals surface area (Å²) in [6.45, 7) is 5.93. The van der Waals surface area contributed by atoms with E-state index in [0.29, 0.717) is 6.20 Å². The predicted molar refractivity (Wildman–Crippen MR) is 111 cm³/mol. The summed E-state index contributed by atoms with van der Waals surface area (Å²) >= 11 is 0. The lowest BCUT2D eigenvalue weighted by molar-refractivity contribution is -0.141. The molecular formula is C20H22F3N7O3. The molecule has 0 saturated heterocycles. The van der Waals surface area contributed by atoms with Crippen molar-refractivity contribution in [3.63, 3.8) is 0 Å². The van der Waals surface area contributed by atoms with Crippen LogP contribution in [0.15, 0.2) is 23.3 Å². The van der Waals surface area contributed by atoms with Crippen LogP contribution < -0.4 is 16.2 Å². The van der Waals surface area contributed by atoms with Gasteiger partial charge >= 0.3 is 6.18 Å². The molecule has 3 aromatic heterocycles.